The molecule has 35 heavy (non-hydrogen) atoms. The molecule has 0 saturated carbocycles. The number of methoxy groups -OCH3 is 1. The lowest BCUT2D eigenvalue weighted by molar-refractivity contribution is 0.0692. The number of hydrogen-bond donors (Lipinski definition) is 3. The van der Waals surface area contributed by atoms with E-state index in [9.17, 15) is 19.5 Å². The first-order chi connectivity index (χ1) is 16.7. The molecule has 7 heteroatoms. The van der Waals surface area contributed by atoms with E-state index in [1.807, 2.05) is 18.2 Å². The number of aromatic carboxylic acids is 1. The quantitative estimate of drug-likeness (QED) is 0.353. The van der Waals surface area contributed by atoms with Crippen LogP contribution in [0.3, 0.4) is 0 Å². The summed E-state index contributed by atoms with van der Waals surface area (Å²) in [6.07, 6.45) is 2.36. The van der Waals surface area contributed by atoms with Crippen LogP contribution in [0.25, 0.3) is 5.70 Å². The molecule has 0 aliphatic carbocycles. The molecule has 0 atom stereocenters. The first-order valence-electron chi connectivity index (χ1n) is 11.1. The third-order valence-corrected chi connectivity index (χ3v) is 5.80. The van der Waals surface area contributed by atoms with Gasteiger partial charge in [0.05, 0.1) is 18.2 Å². The zero-order chi connectivity index (χ0) is 25.2. The fourth-order valence-corrected chi connectivity index (χ4v) is 4.18. The Labute approximate surface area is 203 Å². The summed E-state index contributed by atoms with van der Waals surface area (Å²) >= 11 is 0. The third-order valence-electron chi connectivity index (χ3n) is 5.80. The Morgan fingerprint density at radius 2 is 1.74 bits per heavy atom. The number of hydrogen-bond acceptors (Lipinski definition) is 5. The topological polar surface area (TPSA) is 105 Å². The lowest BCUT2D eigenvalue weighted by Gasteiger charge is -2.35. The number of nitrogens with one attached hydrogen (secondary N) is 2. The number of carbonyl (C=O) groups excluding carboxylic acids is 2. The Kier molecular flexibility index (Phi) is 6.42. The van der Waals surface area contributed by atoms with Crippen LogP contribution in [0.1, 0.15) is 56.0 Å². The van der Waals surface area contributed by atoms with Crippen LogP contribution in [0.5, 0.6) is 5.75 Å². The average molecular weight is 471 g/mol. The van der Waals surface area contributed by atoms with E-state index >= 15 is 0 Å². The molecule has 3 N–H and O–H groups in total. The normalized spacial score (nSPS) is 15.0. The number of ketones is 1. The van der Waals surface area contributed by atoms with Crippen LogP contribution in [-0.4, -0.2) is 35.4 Å². The van der Waals surface area contributed by atoms with Gasteiger partial charge in [-0.15, -0.1) is 0 Å². The Balaban J connectivity index is 1.62. The van der Waals surface area contributed by atoms with E-state index in [4.69, 9.17) is 4.74 Å². The van der Waals surface area contributed by atoms with Crippen molar-refractivity contribution in [2.24, 2.45) is 0 Å². The fraction of sp³-hybridized carbons (Fsp3) is 0.179. The van der Waals surface area contributed by atoms with E-state index < -0.39 is 11.9 Å². The molecule has 3 aromatic rings. The van der Waals surface area contributed by atoms with Gasteiger partial charge in [0.25, 0.3) is 5.91 Å². The molecule has 3 aromatic carbocycles. The fourth-order valence-electron chi connectivity index (χ4n) is 4.18. The molecular formula is C28H26N2O5. The molecule has 0 saturated heterocycles. The number of carbonyl (C=O) groups is 3. The highest BCUT2D eigenvalue weighted by atomic mass is 16.5. The molecule has 1 aliphatic heterocycles. The molecule has 178 valence electrons. The van der Waals surface area contributed by atoms with Gasteiger partial charge in [0.1, 0.15) is 5.75 Å². The predicted octanol–water partition coefficient (Wildman–Crippen LogP) is 4.79. The largest absolute Gasteiger partial charge is 0.497 e. The number of benzene rings is 3. The number of amides is 1. The van der Waals surface area contributed by atoms with Crippen molar-refractivity contribution in [3.63, 3.8) is 0 Å². The first-order valence-corrected chi connectivity index (χ1v) is 11.1. The SMILES string of the molecule is COc1ccc2c(c1)/C(=C/C(=O)c1cccc(NC(=O)c3ccccc3C(=O)O)c1)NC(C)(C)C2. The lowest BCUT2D eigenvalue weighted by atomic mass is 9.85. The summed E-state index contributed by atoms with van der Waals surface area (Å²) in [4.78, 5) is 37.4. The molecule has 0 fully saturated rings. The molecule has 4 rings (SSSR count). The van der Waals surface area contributed by atoms with Gasteiger partial charge in [-0.25, -0.2) is 4.79 Å². The summed E-state index contributed by atoms with van der Waals surface area (Å²) in [5.74, 6) is -1.29. The minimum absolute atomic E-state index is 0.0399. The second-order valence-corrected chi connectivity index (χ2v) is 9.02. The van der Waals surface area contributed by atoms with E-state index in [0.29, 0.717) is 22.7 Å². The maximum atomic E-state index is 13.2. The summed E-state index contributed by atoms with van der Waals surface area (Å²) in [5.41, 5.74) is 3.21. The average Bonchev–Trinajstić information content (AvgIpc) is 2.83. The van der Waals surface area contributed by atoms with E-state index in [0.717, 1.165) is 17.5 Å². The molecule has 0 radical (unpaired) electrons. The second-order valence-electron chi connectivity index (χ2n) is 9.02. The van der Waals surface area contributed by atoms with Gasteiger partial charge >= 0.3 is 5.97 Å². The van der Waals surface area contributed by atoms with Crippen molar-refractivity contribution < 1.29 is 24.2 Å². The highest BCUT2D eigenvalue weighted by molar-refractivity contribution is 6.12. The van der Waals surface area contributed by atoms with Crippen molar-refractivity contribution in [2.75, 3.05) is 12.4 Å². The molecule has 1 heterocycles. The first kappa shape index (κ1) is 23.8. The van der Waals surface area contributed by atoms with E-state index in [-0.39, 0.29) is 22.4 Å². The molecule has 7 nitrogen and oxygen atoms in total. The van der Waals surface area contributed by atoms with Gasteiger partial charge in [0.2, 0.25) is 0 Å². The number of ether oxygens (including phenoxy) is 1. The number of fused-ring (bicyclic) bond motifs is 1. The van der Waals surface area contributed by atoms with Crippen LogP contribution in [0.15, 0.2) is 72.8 Å². The standard InChI is InChI=1S/C28H26N2O5/c1-28(2)16-18-11-12-20(35-3)14-23(18)24(30-28)15-25(31)17-7-6-8-19(13-17)29-26(32)21-9-4-5-10-22(21)27(33)34/h4-15,30H,16H2,1-3H3,(H,29,32)(H,33,34)/b24-15-. The number of allylic oxidation sites excluding steroid dienone is 1. The third kappa shape index (κ3) is 5.24. The van der Waals surface area contributed by atoms with Crippen LogP contribution in [0.2, 0.25) is 0 Å². The summed E-state index contributed by atoms with van der Waals surface area (Å²) in [6.45, 7) is 4.15. The van der Waals surface area contributed by atoms with Gasteiger partial charge in [0.15, 0.2) is 5.78 Å². The molecular weight excluding hydrogens is 444 g/mol. The van der Waals surface area contributed by atoms with Gasteiger partial charge in [-0.2, -0.15) is 0 Å². The molecule has 0 aromatic heterocycles. The van der Waals surface area contributed by atoms with Gasteiger partial charge < -0.3 is 20.5 Å². The zero-order valence-corrected chi connectivity index (χ0v) is 19.7. The van der Waals surface area contributed by atoms with Crippen LogP contribution in [0, 0.1) is 0 Å². The molecule has 0 bridgehead atoms. The summed E-state index contributed by atoms with van der Waals surface area (Å²) < 4.78 is 5.37. The zero-order valence-electron chi connectivity index (χ0n) is 19.7. The smallest absolute Gasteiger partial charge is 0.336 e. The summed E-state index contributed by atoms with van der Waals surface area (Å²) in [5, 5.41) is 15.5. The minimum Gasteiger partial charge on any atom is -0.497 e. The monoisotopic (exact) mass is 470 g/mol. The van der Waals surface area contributed by atoms with Gasteiger partial charge in [0, 0.05) is 34.1 Å². The second kappa shape index (κ2) is 9.46. The number of anilines is 1. The molecule has 1 aliphatic rings. The Morgan fingerprint density at radius 3 is 2.46 bits per heavy atom. The summed E-state index contributed by atoms with van der Waals surface area (Å²) in [7, 11) is 1.60. The van der Waals surface area contributed by atoms with Gasteiger partial charge in [-0.3, -0.25) is 9.59 Å². The van der Waals surface area contributed by atoms with Crippen molar-refractivity contribution in [2.45, 2.75) is 25.8 Å². The number of rotatable bonds is 6. The highest BCUT2D eigenvalue weighted by Gasteiger charge is 2.28. The van der Waals surface area contributed by atoms with Crippen molar-refractivity contribution >= 4 is 29.0 Å². The van der Waals surface area contributed by atoms with Crippen LogP contribution in [0.4, 0.5) is 5.69 Å². The molecule has 0 unspecified atom stereocenters. The molecule has 0 spiro atoms. The van der Waals surface area contributed by atoms with Gasteiger partial charge in [-0.1, -0.05) is 30.3 Å². The Morgan fingerprint density at radius 1 is 1.00 bits per heavy atom. The predicted molar refractivity (Wildman–Crippen MR) is 134 cm³/mol. The Bertz CT molecular complexity index is 1360. The van der Waals surface area contributed by atoms with E-state index in [1.165, 1.54) is 12.1 Å². The van der Waals surface area contributed by atoms with Crippen LogP contribution in [-0.2, 0) is 6.42 Å². The van der Waals surface area contributed by atoms with Gasteiger partial charge in [-0.05, 0) is 62.2 Å². The number of carboxylic acids is 1. The maximum Gasteiger partial charge on any atom is 0.336 e. The molecule has 1 amide bonds. The summed E-state index contributed by atoms with van der Waals surface area (Å²) in [6, 6.07) is 18.4. The van der Waals surface area contributed by atoms with Crippen molar-refractivity contribution in [1.29, 1.82) is 0 Å². The lowest BCUT2D eigenvalue weighted by Crippen LogP contribution is -2.43. The highest BCUT2D eigenvalue weighted by Crippen LogP contribution is 2.32. The number of carboxylic acid groups (broad SMARTS) is 1. The van der Waals surface area contributed by atoms with Crippen molar-refractivity contribution in [1.82, 2.24) is 5.32 Å². The van der Waals surface area contributed by atoms with Crippen molar-refractivity contribution in [3.8, 4) is 5.75 Å². The maximum absolute atomic E-state index is 13.2. The van der Waals surface area contributed by atoms with E-state index in [2.05, 4.69) is 24.5 Å². The Hall–Kier alpha value is -4.39. The van der Waals surface area contributed by atoms with E-state index in [1.54, 1.807) is 49.6 Å². The minimum atomic E-state index is -1.19. The van der Waals surface area contributed by atoms with Crippen LogP contribution >= 0.6 is 0 Å². The van der Waals surface area contributed by atoms with Crippen LogP contribution < -0.4 is 15.4 Å². The van der Waals surface area contributed by atoms with Crippen molar-refractivity contribution in [3.05, 3.63) is 101 Å².